The SMILES string of the molecule is O=C(NC(Cc1cccc(C(F)(F)F)c1)C(=O)O)OCC1c2ccccc2-c2ccccc21. The largest absolute Gasteiger partial charge is 0.480 e. The fraction of sp³-hybridized carbons (Fsp3) is 0.200. The lowest BCUT2D eigenvalue weighted by atomic mass is 9.98. The summed E-state index contributed by atoms with van der Waals surface area (Å²) < 4.78 is 44.1. The second kappa shape index (κ2) is 8.97. The number of nitrogens with one attached hydrogen (secondary N) is 1. The lowest BCUT2D eigenvalue weighted by Gasteiger charge is -2.18. The van der Waals surface area contributed by atoms with E-state index >= 15 is 0 Å². The third kappa shape index (κ3) is 4.84. The number of hydrogen-bond donors (Lipinski definition) is 2. The van der Waals surface area contributed by atoms with Gasteiger partial charge in [0.1, 0.15) is 12.6 Å². The van der Waals surface area contributed by atoms with Crippen LogP contribution in [0.5, 0.6) is 0 Å². The van der Waals surface area contributed by atoms with Crippen LogP contribution in [-0.4, -0.2) is 29.8 Å². The maximum atomic E-state index is 12.9. The van der Waals surface area contributed by atoms with Crippen molar-refractivity contribution in [3.05, 3.63) is 95.1 Å². The van der Waals surface area contributed by atoms with Crippen molar-refractivity contribution in [2.24, 2.45) is 0 Å². The van der Waals surface area contributed by atoms with Gasteiger partial charge in [-0.15, -0.1) is 0 Å². The van der Waals surface area contributed by atoms with E-state index in [1.807, 2.05) is 48.5 Å². The van der Waals surface area contributed by atoms with Gasteiger partial charge < -0.3 is 15.2 Å². The highest BCUT2D eigenvalue weighted by molar-refractivity contribution is 5.81. The molecular formula is C25H20F3NO4. The number of carbonyl (C=O) groups is 2. The van der Waals surface area contributed by atoms with Crippen LogP contribution in [0.3, 0.4) is 0 Å². The van der Waals surface area contributed by atoms with Crippen LogP contribution in [0.1, 0.15) is 28.2 Å². The normalized spacial score (nSPS) is 13.7. The molecule has 8 heteroatoms. The summed E-state index contributed by atoms with van der Waals surface area (Å²) in [6.45, 7) is -0.00421. The molecule has 3 aromatic rings. The molecule has 0 bridgehead atoms. The van der Waals surface area contributed by atoms with Crippen LogP contribution in [0, 0.1) is 0 Å². The fourth-order valence-corrected chi connectivity index (χ4v) is 4.09. The number of alkyl carbamates (subject to hydrolysis) is 1. The predicted octanol–water partition coefficient (Wildman–Crippen LogP) is 5.24. The number of rotatable bonds is 6. The molecule has 5 nitrogen and oxygen atoms in total. The summed E-state index contributed by atoms with van der Waals surface area (Å²) in [5, 5.41) is 11.7. The molecule has 0 fully saturated rings. The zero-order valence-corrected chi connectivity index (χ0v) is 17.3. The van der Waals surface area contributed by atoms with Gasteiger partial charge in [0.2, 0.25) is 0 Å². The number of carbonyl (C=O) groups excluding carboxylic acids is 1. The lowest BCUT2D eigenvalue weighted by Crippen LogP contribution is -2.43. The second-order valence-electron chi connectivity index (χ2n) is 7.76. The molecule has 0 saturated heterocycles. The molecule has 1 atom stereocenters. The van der Waals surface area contributed by atoms with Crippen LogP contribution < -0.4 is 5.32 Å². The third-order valence-electron chi connectivity index (χ3n) is 5.63. The second-order valence-corrected chi connectivity index (χ2v) is 7.76. The highest BCUT2D eigenvalue weighted by Gasteiger charge is 2.32. The molecule has 1 amide bonds. The van der Waals surface area contributed by atoms with Gasteiger partial charge in [-0.25, -0.2) is 9.59 Å². The van der Waals surface area contributed by atoms with Crippen molar-refractivity contribution >= 4 is 12.1 Å². The number of carboxylic acids is 1. The topological polar surface area (TPSA) is 75.6 Å². The highest BCUT2D eigenvalue weighted by Crippen LogP contribution is 2.44. The smallest absolute Gasteiger partial charge is 0.416 e. The Hall–Kier alpha value is -3.81. The molecular weight excluding hydrogens is 435 g/mol. The molecule has 1 unspecified atom stereocenters. The maximum absolute atomic E-state index is 12.9. The van der Waals surface area contributed by atoms with E-state index in [9.17, 15) is 27.9 Å². The summed E-state index contributed by atoms with van der Waals surface area (Å²) >= 11 is 0. The van der Waals surface area contributed by atoms with Gasteiger partial charge in [0.25, 0.3) is 0 Å². The quantitative estimate of drug-likeness (QED) is 0.533. The van der Waals surface area contributed by atoms with Crippen molar-refractivity contribution in [2.45, 2.75) is 24.6 Å². The van der Waals surface area contributed by atoms with Gasteiger partial charge in [-0.05, 0) is 33.9 Å². The summed E-state index contributed by atoms with van der Waals surface area (Å²) in [5.41, 5.74) is 3.36. The summed E-state index contributed by atoms with van der Waals surface area (Å²) in [5.74, 6) is -1.57. The maximum Gasteiger partial charge on any atom is 0.416 e. The van der Waals surface area contributed by atoms with E-state index in [0.717, 1.165) is 34.4 Å². The zero-order valence-electron chi connectivity index (χ0n) is 17.3. The van der Waals surface area contributed by atoms with E-state index in [2.05, 4.69) is 5.32 Å². The van der Waals surface area contributed by atoms with Crippen molar-refractivity contribution in [1.82, 2.24) is 5.32 Å². The highest BCUT2D eigenvalue weighted by atomic mass is 19.4. The van der Waals surface area contributed by atoms with E-state index in [-0.39, 0.29) is 24.5 Å². The van der Waals surface area contributed by atoms with Crippen molar-refractivity contribution in [3.8, 4) is 11.1 Å². The van der Waals surface area contributed by atoms with Gasteiger partial charge >= 0.3 is 18.2 Å². The van der Waals surface area contributed by atoms with Crippen LogP contribution in [0.4, 0.5) is 18.0 Å². The number of aliphatic carboxylic acids is 1. The molecule has 4 rings (SSSR count). The van der Waals surface area contributed by atoms with E-state index in [1.54, 1.807) is 0 Å². The average Bonchev–Trinajstić information content (AvgIpc) is 3.10. The average molecular weight is 455 g/mol. The zero-order chi connectivity index (χ0) is 23.6. The molecule has 1 aliphatic rings. The van der Waals surface area contributed by atoms with Gasteiger partial charge in [0.15, 0.2) is 0 Å². The number of fused-ring (bicyclic) bond motifs is 3. The Bertz CT molecular complexity index is 1150. The number of halogens is 3. The lowest BCUT2D eigenvalue weighted by molar-refractivity contribution is -0.139. The molecule has 0 aliphatic heterocycles. The molecule has 0 heterocycles. The Kier molecular flexibility index (Phi) is 6.09. The number of ether oxygens (including phenoxy) is 1. The van der Waals surface area contributed by atoms with Crippen molar-refractivity contribution < 1.29 is 32.6 Å². The number of amides is 1. The Balaban J connectivity index is 1.43. The molecule has 0 saturated carbocycles. The van der Waals surface area contributed by atoms with E-state index < -0.39 is 29.8 Å². The first-order valence-electron chi connectivity index (χ1n) is 10.2. The van der Waals surface area contributed by atoms with E-state index in [0.29, 0.717) is 0 Å². The molecule has 2 N–H and O–H groups in total. The van der Waals surface area contributed by atoms with Crippen LogP contribution in [0.15, 0.2) is 72.8 Å². The molecule has 0 radical (unpaired) electrons. The van der Waals surface area contributed by atoms with Gasteiger partial charge in [-0.2, -0.15) is 13.2 Å². The van der Waals surface area contributed by atoms with E-state index in [1.165, 1.54) is 12.1 Å². The minimum Gasteiger partial charge on any atom is -0.480 e. The molecule has 170 valence electrons. The summed E-state index contributed by atoms with van der Waals surface area (Å²) in [4.78, 5) is 24.0. The minimum absolute atomic E-state index is 0.00421. The molecule has 33 heavy (non-hydrogen) atoms. The Labute approximate surface area is 187 Å². The van der Waals surface area contributed by atoms with Crippen LogP contribution >= 0.6 is 0 Å². The monoisotopic (exact) mass is 455 g/mol. The predicted molar refractivity (Wildman–Crippen MR) is 115 cm³/mol. The van der Waals surface area contributed by atoms with Crippen molar-refractivity contribution in [3.63, 3.8) is 0 Å². The summed E-state index contributed by atoms with van der Waals surface area (Å²) in [6.07, 6.45) is -5.81. The van der Waals surface area contributed by atoms with Crippen LogP contribution in [0.2, 0.25) is 0 Å². The standard InChI is InChI=1S/C25H20F3NO4/c26-25(27,28)16-7-5-6-15(12-16)13-22(23(30)31)29-24(32)33-14-21-19-10-3-1-8-17(19)18-9-2-4-11-20(18)21/h1-12,21-22H,13-14H2,(H,29,32)(H,30,31). The Morgan fingerprint density at radius 3 is 2.12 bits per heavy atom. The molecule has 1 aliphatic carbocycles. The van der Waals surface area contributed by atoms with E-state index in [4.69, 9.17) is 4.74 Å². The summed E-state index contributed by atoms with van der Waals surface area (Å²) in [6, 6.07) is 18.4. The first-order chi connectivity index (χ1) is 15.7. The number of alkyl halides is 3. The van der Waals surface area contributed by atoms with Gasteiger partial charge in [0.05, 0.1) is 5.56 Å². The molecule has 0 aromatic heterocycles. The van der Waals surface area contributed by atoms with Gasteiger partial charge in [0, 0.05) is 12.3 Å². The van der Waals surface area contributed by atoms with Gasteiger partial charge in [-0.1, -0.05) is 66.7 Å². The summed E-state index contributed by atoms with van der Waals surface area (Å²) in [7, 11) is 0. The number of benzene rings is 3. The van der Waals surface area contributed by atoms with Gasteiger partial charge in [-0.3, -0.25) is 0 Å². The molecule has 3 aromatic carbocycles. The number of hydrogen-bond acceptors (Lipinski definition) is 3. The first-order valence-corrected chi connectivity index (χ1v) is 10.2. The third-order valence-corrected chi connectivity index (χ3v) is 5.63. The Morgan fingerprint density at radius 1 is 0.939 bits per heavy atom. The van der Waals surface area contributed by atoms with Crippen LogP contribution in [0.25, 0.3) is 11.1 Å². The minimum atomic E-state index is -4.55. The van der Waals surface area contributed by atoms with Crippen LogP contribution in [-0.2, 0) is 22.1 Å². The van der Waals surface area contributed by atoms with Crippen molar-refractivity contribution in [1.29, 1.82) is 0 Å². The Morgan fingerprint density at radius 2 is 1.55 bits per heavy atom. The fourth-order valence-electron chi connectivity index (χ4n) is 4.09. The number of carboxylic acid groups (broad SMARTS) is 1. The first kappa shape index (κ1) is 22.4. The molecule has 0 spiro atoms. The van der Waals surface area contributed by atoms with Crippen molar-refractivity contribution in [2.75, 3.05) is 6.61 Å².